The van der Waals surface area contributed by atoms with Gasteiger partial charge in [-0.1, -0.05) is 231 Å². The first-order valence-electron chi connectivity index (χ1n) is 23.1. The van der Waals surface area contributed by atoms with Gasteiger partial charge in [0.2, 0.25) is 0 Å². The number of anilines is 3. The maximum atomic E-state index is 2.58. The molecule has 2 aliphatic carbocycles. The van der Waals surface area contributed by atoms with Gasteiger partial charge in [0, 0.05) is 27.7 Å². The highest BCUT2D eigenvalue weighted by Gasteiger charge is 2.46. The van der Waals surface area contributed by atoms with Crippen LogP contribution < -0.4 is 4.90 Å². The molecule has 0 saturated heterocycles. The van der Waals surface area contributed by atoms with E-state index in [4.69, 9.17) is 0 Å². The van der Waals surface area contributed by atoms with Crippen molar-refractivity contribution in [2.24, 2.45) is 0 Å². The Morgan fingerprint density at radius 3 is 1.39 bits per heavy atom. The molecule has 0 radical (unpaired) electrons. The zero-order valence-corrected chi connectivity index (χ0v) is 36.7. The summed E-state index contributed by atoms with van der Waals surface area (Å²) in [5.74, 6) is 0. The summed E-state index contributed by atoms with van der Waals surface area (Å²) >= 11 is 0. The molecule has 0 aliphatic heterocycles. The van der Waals surface area contributed by atoms with E-state index in [9.17, 15) is 0 Å². The standard InChI is InChI=1S/C65H45N/c1-64(45-24-8-3-9-25-45)58-36-20-18-32-52(58)54-40-38-49(43-61(54)64)66(63-56-35-17-15-31-51(56)50-30-14-16-34-55(50)62(63)44-22-6-2-7-23-44)48-39-41-60-57(42-48)53-33-19-21-37-59(53)65(60,46-26-10-4-11-27-46)47-28-12-5-13-29-47/h2-43H,1H3. The van der Waals surface area contributed by atoms with Gasteiger partial charge >= 0.3 is 0 Å². The van der Waals surface area contributed by atoms with E-state index in [1.807, 2.05) is 0 Å². The molecule has 310 valence electrons. The monoisotopic (exact) mass is 839 g/mol. The topological polar surface area (TPSA) is 3.24 Å². The van der Waals surface area contributed by atoms with Gasteiger partial charge in [0.05, 0.1) is 11.1 Å². The maximum Gasteiger partial charge on any atom is 0.0713 e. The van der Waals surface area contributed by atoms with Gasteiger partial charge in [0.1, 0.15) is 0 Å². The van der Waals surface area contributed by atoms with E-state index in [-0.39, 0.29) is 5.41 Å². The summed E-state index contributed by atoms with van der Waals surface area (Å²) in [5.41, 5.74) is 19.0. The van der Waals surface area contributed by atoms with Crippen molar-refractivity contribution in [1.82, 2.24) is 0 Å². The van der Waals surface area contributed by atoms with Gasteiger partial charge in [0.15, 0.2) is 0 Å². The lowest BCUT2D eigenvalue weighted by Crippen LogP contribution is -2.28. The predicted molar refractivity (Wildman–Crippen MR) is 276 cm³/mol. The second-order valence-corrected chi connectivity index (χ2v) is 18.0. The number of benzene rings is 11. The lowest BCUT2D eigenvalue weighted by Gasteiger charge is -2.35. The Balaban J connectivity index is 1.15. The van der Waals surface area contributed by atoms with E-state index in [0.29, 0.717) is 0 Å². The lowest BCUT2D eigenvalue weighted by atomic mass is 9.68. The van der Waals surface area contributed by atoms with Crippen LogP contribution in [0.5, 0.6) is 0 Å². The molecule has 11 aromatic carbocycles. The first-order chi connectivity index (χ1) is 32.7. The number of hydrogen-bond donors (Lipinski definition) is 0. The molecule has 66 heavy (non-hydrogen) atoms. The van der Waals surface area contributed by atoms with Crippen molar-refractivity contribution in [2.45, 2.75) is 17.8 Å². The number of rotatable bonds is 7. The average molecular weight is 840 g/mol. The van der Waals surface area contributed by atoms with E-state index in [1.54, 1.807) is 0 Å². The summed E-state index contributed by atoms with van der Waals surface area (Å²) in [7, 11) is 0. The fraction of sp³-hybridized carbons (Fsp3) is 0.0462. The van der Waals surface area contributed by atoms with Crippen LogP contribution in [0.2, 0.25) is 0 Å². The highest BCUT2D eigenvalue weighted by Crippen LogP contribution is 2.59. The molecule has 1 nitrogen and oxygen atoms in total. The third-order valence-corrected chi connectivity index (χ3v) is 14.8. The minimum absolute atomic E-state index is 0.371. The van der Waals surface area contributed by atoms with Gasteiger partial charge in [-0.2, -0.15) is 0 Å². The molecule has 0 aromatic heterocycles. The third kappa shape index (κ3) is 5.41. The minimum Gasteiger partial charge on any atom is -0.309 e. The molecule has 0 heterocycles. The van der Waals surface area contributed by atoms with Gasteiger partial charge in [-0.3, -0.25) is 0 Å². The van der Waals surface area contributed by atoms with Crippen LogP contribution in [0, 0.1) is 0 Å². The number of hydrogen-bond acceptors (Lipinski definition) is 1. The van der Waals surface area contributed by atoms with E-state index >= 15 is 0 Å². The van der Waals surface area contributed by atoms with Gasteiger partial charge in [-0.15, -0.1) is 0 Å². The van der Waals surface area contributed by atoms with Crippen LogP contribution in [0.4, 0.5) is 17.1 Å². The number of nitrogens with zero attached hydrogens (tertiary/aromatic N) is 1. The lowest BCUT2D eigenvalue weighted by molar-refractivity contribution is 0.714. The Hall–Kier alpha value is -8.26. The van der Waals surface area contributed by atoms with Gasteiger partial charge in [0.25, 0.3) is 0 Å². The highest BCUT2D eigenvalue weighted by molar-refractivity contribution is 6.22. The molecule has 0 fully saturated rings. The molecule has 2 aliphatic rings. The summed E-state index contributed by atoms with van der Waals surface area (Å²) in [6.07, 6.45) is 0. The van der Waals surface area contributed by atoms with Crippen molar-refractivity contribution in [3.05, 3.63) is 294 Å². The smallest absolute Gasteiger partial charge is 0.0713 e. The van der Waals surface area contributed by atoms with E-state index in [0.717, 1.165) is 17.1 Å². The largest absolute Gasteiger partial charge is 0.309 e. The molecule has 0 bridgehead atoms. The van der Waals surface area contributed by atoms with Crippen molar-refractivity contribution in [3.8, 4) is 33.4 Å². The van der Waals surface area contributed by atoms with Crippen LogP contribution in [-0.2, 0) is 10.8 Å². The molecular formula is C65H45N. The quantitative estimate of drug-likeness (QED) is 0.145. The maximum absolute atomic E-state index is 2.58. The predicted octanol–water partition coefficient (Wildman–Crippen LogP) is 16.8. The summed E-state index contributed by atoms with van der Waals surface area (Å²) in [6, 6.07) is 94.9. The van der Waals surface area contributed by atoms with Crippen LogP contribution >= 0.6 is 0 Å². The van der Waals surface area contributed by atoms with Crippen molar-refractivity contribution >= 4 is 38.6 Å². The molecule has 1 heteroatoms. The fourth-order valence-electron chi connectivity index (χ4n) is 11.9. The SMILES string of the molecule is CC1(c2ccccc2)c2ccccc2-c2ccc(N(c3ccc4c(c3)-c3ccccc3C4(c3ccccc3)c3ccccc3)c3c(-c4ccccc4)c4ccccc4c4ccccc34)cc21. The molecule has 13 rings (SSSR count). The zero-order chi connectivity index (χ0) is 43.8. The Morgan fingerprint density at radius 1 is 0.303 bits per heavy atom. The molecule has 1 unspecified atom stereocenters. The van der Waals surface area contributed by atoms with Crippen molar-refractivity contribution in [3.63, 3.8) is 0 Å². The molecule has 1 atom stereocenters. The Bertz CT molecular complexity index is 3610. The summed E-state index contributed by atoms with van der Waals surface area (Å²) in [5, 5.41) is 4.90. The summed E-state index contributed by atoms with van der Waals surface area (Å²) < 4.78 is 0. The van der Waals surface area contributed by atoms with Crippen LogP contribution in [0.25, 0.3) is 54.9 Å². The molecule has 0 N–H and O–H groups in total. The van der Waals surface area contributed by atoms with Gasteiger partial charge in [-0.05, 0) is 114 Å². The van der Waals surface area contributed by atoms with Crippen molar-refractivity contribution in [2.75, 3.05) is 4.90 Å². The first kappa shape index (κ1) is 38.2. The Morgan fingerprint density at radius 2 is 0.742 bits per heavy atom. The van der Waals surface area contributed by atoms with Crippen LogP contribution in [0.1, 0.15) is 45.9 Å². The van der Waals surface area contributed by atoms with Crippen molar-refractivity contribution in [1.29, 1.82) is 0 Å². The van der Waals surface area contributed by atoms with Crippen molar-refractivity contribution < 1.29 is 0 Å². The van der Waals surface area contributed by atoms with E-state index < -0.39 is 5.41 Å². The summed E-state index contributed by atoms with van der Waals surface area (Å²) in [4.78, 5) is 2.58. The normalized spacial score (nSPS) is 15.2. The Kier molecular flexibility index (Phi) is 8.63. The summed E-state index contributed by atoms with van der Waals surface area (Å²) in [6.45, 7) is 2.42. The van der Waals surface area contributed by atoms with E-state index in [1.165, 1.54) is 93.9 Å². The molecule has 0 saturated carbocycles. The third-order valence-electron chi connectivity index (χ3n) is 14.8. The second-order valence-electron chi connectivity index (χ2n) is 18.0. The van der Waals surface area contributed by atoms with Gasteiger partial charge < -0.3 is 4.90 Å². The molecule has 11 aromatic rings. The second kappa shape index (κ2) is 14.9. The van der Waals surface area contributed by atoms with Crippen LogP contribution in [0.15, 0.2) is 255 Å². The average Bonchev–Trinajstić information content (AvgIpc) is 3.84. The molecule has 0 spiro atoms. The molecular weight excluding hydrogens is 795 g/mol. The highest BCUT2D eigenvalue weighted by atomic mass is 15.1. The van der Waals surface area contributed by atoms with Crippen LogP contribution in [-0.4, -0.2) is 0 Å². The van der Waals surface area contributed by atoms with Crippen LogP contribution in [0.3, 0.4) is 0 Å². The number of fused-ring (bicyclic) bond motifs is 9. The fourth-order valence-corrected chi connectivity index (χ4v) is 11.9. The minimum atomic E-state index is -0.501. The molecule has 0 amide bonds. The van der Waals surface area contributed by atoms with E-state index in [2.05, 4.69) is 267 Å². The Labute approximate surface area is 386 Å². The van der Waals surface area contributed by atoms with Gasteiger partial charge in [-0.25, -0.2) is 0 Å². The zero-order valence-electron chi connectivity index (χ0n) is 36.7. The first-order valence-corrected chi connectivity index (χ1v) is 23.1.